The highest BCUT2D eigenvalue weighted by atomic mass is 16.5. The predicted molar refractivity (Wildman–Crippen MR) is 100 cm³/mol. The number of aliphatic imine (C=N–C) groups is 1. The summed E-state index contributed by atoms with van der Waals surface area (Å²) in [5.74, 6) is 1.25. The molecule has 0 saturated heterocycles. The summed E-state index contributed by atoms with van der Waals surface area (Å²) in [6.07, 6.45) is 0.967. The molecule has 0 atom stereocenters. The monoisotopic (exact) mass is 326 g/mol. The molecule has 0 aromatic heterocycles. The standard InChI is InChI=1S/C19H26N4O/c1-23(15-16-7-4-3-5-8-16)14-6-13-21-19(20)22-17-9-11-18(24-2)12-10-17/h3-5,7-12H,6,13-15H2,1-2H3,(H3,20,21,22). The number of hydrogen-bond donors (Lipinski definition) is 2. The van der Waals surface area contributed by atoms with Gasteiger partial charge in [-0.1, -0.05) is 30.3 Å². The van der Waals surface area contributed by atoms with Gasteiger partial charge in [0.05, 0.1) is 7.11 Å². The van der Waals surface area contributed by atoms with Crippen LogP contribution in [-0.4, -0.2) is 38.1 Å². The fraction of sp³-hybridized carbons (Fsp3) is 0.316. The minimum Gasteiger partial charge on any atom is -0.497 e. The quantitative estimate of drug-likeness (QED) is 0.445. The van der Waals surface area contributed by atoms with Gasteiger partial charge in [0.1, 0.15) is 5.75 Å². The number of rotatable bonds is 8. The van der Waals surface area contributed by atoms with Crippen molar-refractivity contribution in [3.63, 3.8) is 0 Å². The van der Waals surface area contributed by atoms with Crippen LogP contribution in [0.3, 0.4) is 0 Å². The SMILES string of the molecule is COc1ccc(NC(N)=NCCCN(C)Cc2ccccc2)cc1. The summed E-state index contributed by atoms with van der Waals surface area (Å²) in [5.41, 5.74) is 8.14. The first-order valence-corrected chi connectivity index (χ1v) is 8.11. The fourth-order valence-electron chi connectivity index (χ4n) is 2.38. The molecule has 24 heavy (non-hydrogen) atoms. The molecule has 0 aliphatic rings. The number of nitrogens with zero attached hydrogens (tertiary/aromatic N) is 2. The van der Waals surface area contributed by atoms with Crippen LogP contribution < -0.4 is 15.8 Å². The van der Waals surface area contributed by atoms with E-state index < -0.39 is 0 Å². The van der Waals surface area contributed by atoms with Gasteiger partial charge in [0.15, 0.2) is 5.96 Å². The van der Waals surface area contributed by atoms with Crippen LogP contribution >= 0.6 is 0 Å². The molecule has 0 spiro atoms. The molecule has 5 nitrogen and oxygen atoms in total. The summed E-state index contributed by atoms with van der Waals surface area (Å²) in [4.78, 5) is 6.66. The van der Waals surface area contributed by atoms with E-state index in [1.54, 1.807) is 7.11 Å². The number of guanidine groups is 1. The lowest BCUT2D eigenvalue weighted by atomic mass is 10.2. The smallest absolute Gasteiger partial charge is 0.193 e. The van der Waals surface area contributed by atoms with Gasteiger partial charge in [-0.25, -0.2) is 0 Å². The van der Waals surface area contributed by atoms with Gasteiger partial charge >= 0.3 is 0 Å². The van der Waals surface area contributed by atoms with E-state index in [1.807, 2.05) is 30.3 Å². The van der Waals surface area contributed by atoms with Gasteiger partial charge in [-0.05, 0) is 49.8 Å². The molecule has 0 fully saturated rings. The average Bonchev–Trinajstić information content (AvgIpc) is 2.60. The van der Waals surface area contributed by atoms with Crippen molar-refractivity contribution in [2.24, 2.45) is 10.7 Å². The first-order valence-electron chi connectivity index (χ1n) is 8.11. The zero-order chi connectivity index (χ0) is 17.2. The van der Waals surface area contributed by atoms with E-state index in [9.17, 15) is 0 Å². The van der Waals surface area contributed by atoms with Crippen LogP contribution in [0.25, 0.3) is 0 Å². The Balaban J connectivity index is 1.68. The van der Waals surface area contributed by atoms with E-state index in [0.29, 0.717) is 12.5 Å². The second kappa shape index (κ2) is 9.57. The molecule has 0 aliphatic carbocycles. The van der Waals surface area contributed by atoms with Gasteiger partial charge in [0, 0.05) is 18.8 Å². The van der Waals surface area contributed by atoms with Gasteiger partial charge in [0.2, 0.25) is 0 Å². The zero-order valence-electron chi connectivity index (χ0n) is 14.4. The van der Waals surface area contributed by atoms with E-state index in [2.05, 4.69) is 46.5 Å². The third-order valence-electron chi connectivity index (χ3n) is 3.64. The fourth-order valence-corrected chi connectivity index (χ4v) is 2.38. The lowest BCUT2D eigenvalue weighted by Gasteiger charge is -2.16. The maximum Gasteiger partial charge on any atom is 0.193 e. The lowest BCUT2D eigenvalue weighted by molar-refractivity contribution is 0.324. The summed E-state index contributed by atoms with van der Waals surface area (Å²) < 4.78 is 5.12. The Labute approximate surface area is 144 Å². The third kappa shape index (κ3) is 6.30. The van der Waals surface area contributed by atoms with Gasteiger partial charge in [-0.3, -0.25) is 4.99 Å². The van der Waals surface area contributed by atoms with Crippen LogP contribution in [0.4, 0.5) is 5.69 Å². The van der Waals surface area contributed by atoms with E-state index in [1.165, 1.54) is 5.56 Å². The Morgan fingerprint density at radius 3 is 2.50 bits per heavy atom. The molecule has 0 heterocycles. The van der Waals surface area contributed by atoms with E-state index in [4.69, 9.17) is 10.5 Å². The molecule has 5 heteroatoms. The highest BCUT2D eigenvalue weighted by molar-refractivity contribution is 5.92. The molecule has 0 aliphatic heterocycles. The molecule has 128 valence electrons. The molecule has 2 aromatic rings. The molecule has 0 radical (unpaired) electrons. The number of ether oxygens (including phenoxy) is 1. The minimum atomic E-state index is 0.436. The molecule has 0 amide bonds. The average molecular weight is 326 g/mol. The number of methoxy groups -OCH3 is 1. The topological polar surface area (TPSA) is 62.9 Å². The second-order valence-corrected chi connectivity index (χ2v) is 5.70. The van der Waals surface area contributed by atoms with Crippen molar-refractivity contribution in [3.05, 3.63) is 60.2 Å². The Kier molecular flexibility index (Phi) is 7.11. The number of anilines is 1. The molecule has 3 N–H and O–H groups in total. The van der Waals surface area contributed by atoms with Gasteiger partial charge < -0.3 is 20.7 Å². The van der Waals surface area contributed by atoms with E-state index >= 15 is 0 Å². The van der Waals surface area contributed by atoms with Crippen molar-refractivity contribution < 1.29 is 4.74 Å². The Morgan fingerprint density at radius 1 is 1.12 bits per heavy atom. The van der Waals surface area contributed by atoms with E-state index in [-0.39, 0.29) is 0 Å². The van der Waals surface area contributed by atoms with Crippen LogP contribution in [0.1, 0.15) is 12.0 Å². The van der Waals surface area contributed by atoms with Gasteiger partial charge in [-0.2, -0.15) is 0 Å². The Bertz CT molecular complexity index is 626. The van der Waals surface area contributed by atoms with Crippen LogP contribution in [-0.2, 0) is 6.54 Å². The highest BCUT2D eigenvalue weighted by Gasteiger charge is 2.00. The molecule has 2 aromatic carbocycles. The normalized spacial score (nSPS) is 11.5. The summed E-state index contributed by atoms with van der Waals surface area (Å²) in [5, 5.41) is 3.08. The summed E-state index contributed by atoms with van der Waals surface area (Å²) in [6, 6.07) is 18.1. The van der Waals surface area contributed by atoms with Crippen molar-refractivity contribution in [3.8, 4) is 5.75 Å². The Hall–Kier alpha value is -2.53. The molecule has 0 saturated carbocycles. The maximum atomic E-state index is 5.91. The first-order chi connectivity index (χ1) is 11.7. The molecule has 0 bridgehead atoms. The molecular formula is C19H26N4O. The van der Waals surface area contributed by atoms with Crippen molar-refractivity contribution in [1.29, 1.82) is 0 Å². The van der Waals surface area contributed by atoms with Gasteiger partial charge in [-0.15, -0.1) is 0 Å². The largest absolute Gasteiger partial charge is 0.497 e. The van der Waals surface area contributed by atoms with Crippen molar-refractivity contribution in [2.45, 2.75) is 13.0 Å². The number of nitrogens with two attached hydrogens (primary N) is 1. The highest BCUT2D eigenvalue weighted by Crippen LogP contribution is 2.14. The van der Waals surface area contributed by atoms with E-state index in [0.717, 1.165) is 30.9 Å². The predicted octanol–water partition coefficient (Wildman–Crippen LogP) is 2.94. The van der Waals surface area contributed by atoms with Crippen molar-refractivity contribution >= 4 is 11.6 Å². The lowest BCUT2D eigenvalue weighted by Crippen LogP contribution is -2.24. The Morgan fingerprint density at radius 2 is 1.83 bits per heavy atom. The van der Waals surface area contributed by atoms with Crippen molar-refractivity contribution in [2.75, 3.05) is 32.6 Å². The van der Waals surface area contributed by atoms with Crippen LogP contribution in [0, 0.1) is 0 Å². The van der Waals surface area contributed by atoms with Crippen LogP contribution in [0.2, 0.25) is 0 Å². The minimum absolute atomic E-state index is 0.436. The van der Waals surface area contributed by atoms with Crippen molar-refractivity contribution in [1.82, 2.24) is 4.90 Å². The summed E-state index contributed by atoms with van der Waals surface area (Å²) in [6.45, 7) is 2.63. The maximum absolute atomic E-state index is 5.91. The first kappa shape index (κ1) is 17.8. The van der Waals surface area contributed by atoms with Gasteiger partial charge in [0.25, 0.3) is 0 Å². The number of benzene rings is 2. The summed E-state index contributed by atoms with van der Waals surface area (Å²) in [7, 11) is 3.77. The molecule has 2 rings (SSSR count). The van der Waals surface area contributed by atoms with Crippen LogP contribution in [0.15, 0.2) is 59.6 Å². The number of nitrogens with one attached hydrogen (secondary N) is 1. The summed E-state index contributed by atoms with van der Waals surface area (Å²) >= 11 is 0. The van der Waals surface area contributed by atoms with Crippen LogP contribution in [0.5, 0.6) is 5.75 Å². The second-order valence-electron chi connectivity index (χ2n) is 5.70. The third-order valence-corrected chi connectivity index (χ3v) is 3.64. The molecular weight excluding hydrogens is 300 g/mol. The molecule has 0 unspecified atom stereocenters. The zero-order valence-corrected chi connectivity index (χ0v) is 14.4. The number of hydrogen-bond acceptors (Lipinski definition) is 3.